The lowest BCUT2D eigenvalue weighted by atomic mass is 9.92. The zero-order valence-corrected chi connectivity index (χ0v) is 12.3. The van der Waals surface area contributed by atoms with Gasteiger partial charge in [0.25, 0.3) is 0 Å². The summed E-state index contributed by atoms with van der Waals surface area (Å²) in [4.78, 5) is 36.9. The van der Waals surface area contributed by atoms with Crippen molar-refractivity contribution in [1.82, 2.24) is 5.32 Å². The molecule has 0 aliphatic carbocycles. The SMILES string of the molecule is CC(C)C1C(=O)NC(=O)N(c2cc(Cl)cc(Cl)c2)C1=O. The first-order valence-electron chi connectivity index (χ1n) is 5.96. The molecule has 106 valence electrons. The fraction of sp³-hybridized carbons (Fsp3) is 0.308. The molecule has 0 radical (unpaired) electrons. The summed E-state index contributed by atoms with van der Waals surface area (Å²) in [6, 6.07) is 3.58. The van der Waals surface area contributed by atoms with Crippen LogP contribution in [-0.2, 0) is 9.59 Å². The average molecular weight is 315 g/mol. The van der Waals surface area contributed by atoms with Gasteiger partial charge in [-0.3, -0.25) is 14.9 Å². The van der Waals surface area contributed by atoms with E-state index in [4.69, 9.17) is 23.2 Å². The number of urea groups is 1. The summed E-state index contributed by atoms with van der Waals surface area (Å²) in [7, 11) is 0. The number of benzene rings is 1. The van der Waals surface area contributed by atoms with Gasteiger partial charge in [0.15, 0.2) is 0 Å². The van der Waals surface area contributed by atoms with Crippen molar-refractivity contribution in [3.8, 4) is 0 Å². The van der Waals surface area contributed by atoms with E-state index in [0.29, 0.717) is 10.0 Å². The van der Waals surface area contributed by atoms with Crippen LogP contribution in [0.4, 0.5) is 10.5 Å². The molecule has 1 fully saturated rings. The number of nitrogens with one attached hydrogen (secondary N) is 1. The van der Waals surface area contributed by atoms with Gasteiger partial charge in [-0.1, -0.05) is 37.0 Å². The van der Waals surface area contributed by atoms with Crippen LogP contribution in [0.3, 0.4) is 0 Å². The first-order valence-corrected chi connectivity index (χ1v) is 6.71. The third kappa shape index (κ3) is 2.64. The van der Waals surface area contributed by atoms with Gasteiger partial charge >= 0.3 is 6.03 Å². The Morgan fingerprint density at radius 2 is 1.65 bits per heavy atom. The van der Waals surface area contributed by atoms with E-state index in [1.807, 2.05) is 0 Å². The Morgan fingerprint density at radius 3 is 2.15 bits per heavy atom. The van der Waals surface area contributed by atoms with E-state index in [9.17, 15) is 14.4 Å². The summed E-state index contributed by atoms with van der Waals surface area (Å²) in [5, 5.41) is 2.76. The van der Waals surface area contributed by atoms with E-state index in [-0.39, 0.29) is 11.6 Å². The van der Waals surface area contributed by atoms with Gasteiger partial charge in [-0.05, 0) is 24.1 Å². The molecule has 1 aliphatic rings. The molecule has 0 spiro atoms. The van der Waals surface area contributed by atoms with Crippen LogP contribution < -0.4 is 10.2 Å². The second kappa shape index (κ2) is 5.42. The van der Waals surface area contributed by atoms with Crippen molar-refractivity contribution in [2.24, 2.45) is 11.8 Å². The number of amides is 4. The zero-order chi connectivity index (χ0) is 15.0. The Bertz CT molecular complexity index is 581. The molecule has 5 nitrogen and oxygen atoms in total. The molecule has 0 bridgehead atoms. The Morgan fingerprint density at radius 1 is 1.10 bits per heavy atom. The third-order valence-corrected chi connectivity index (χ3v) is 3.41. The van der Waals surface area contributed by atoms with Crippen LogP contribution in [0.15, 0.2) is 18.2 Å². The van der Waals surface area contributed by atoms with E-state index in [1.54, 1.807) is 13.8 Å². The highest BCUT2D eigenvalue weighted by atomic mass is 35.5. The highest BCUT2D eigenvalue weighted by Gasteiger charge is 2.42. The van der Waals surface area contributed by atoms with Crippen molar-refractivity contribution in [2.75, 3.05) is 4.90 Å². The van der Waals surface area contributed by atoms with Gasteiger partial charge in [-0.25, -0.2) is 9.69 Å². The molecule has 2 rings (SSSR count). The molecular weight excluding hydrogens is 303 g/mol. The largest absolute Gasteiger partial charge is 0.335 e. The standard InChI is InChI=1S/C13H12Cl2N2O3/c1-6(2)10-11(18)16-13(20)17(12(10)19)9-4-7(14)3-8(15)5-9/h3-6,10H,1-2H3,(H,16,18,20). The Hall–Kier alpha value is -1.59. The van der Waals surface area contributed by atoms with Crippen molar-refractivity contribution >= 4 is 46.7 Å². The highest BCUT2D eigenvalue weighted by molar-refractivity contribution is 6.36. The molecule has 1 aliphatic heterocycles. The molecule has 1 saturated heterocycles. The van der Waals surface area contributed by atoms with Crippen LogP contribution in [-0.4, -0.2) is 17.8 Å². The number of hydrogen-bond acceptors (Lipinski definition) is 3. The number of carbonyl (C=O) groups excluding carboxylic acids is 3. The Labute approximate surface area is 125 Å². The minimum atomic E-state index is -0.912. The van der Waals surface area contributed by atoms with Gasteiger partial charge in [-0.2, -0.15) is 0 Å². The Balaban J connectivity index is 2.46. The van der Waals surface area contributed by atoms with Gasteiger partial charge in [-0.15, -0.1) is 0 Å². The highest BCUT2D eigenvalue weighted by Crippen LogP contribution is 2.29. The molecule has 1 heterocycles. The molecule has 0 saturated carbocycles. The quantitative estimate of drug-likeness (QED) is 0.853. The molecule has 1 aromatic rings. The van der Waals surface area contributed by atoms with Crippen LogP contribution in [0.5, 0.6) is 0 Å². The molecule has 20 heavy (non-hydrogen) atoms. The maximum absolute atomic E-state index is 12.4. The van der Waals surface area contributed by atoms with Crippen LogP contribution >= 0.6 is 23.2 Å². The van der Waals surface area contributed by atoms with Gasteiger partial charge in [0.2, 0.25) is 11.8 Å². The van der Waals surface area contributed by atoms with Crippen molar-refractivity contribution < 1.29 is 14.4 Å². The van der Waals surface area contributed by atoms with Crippen LogP contribution in [0.25, 0.3) is 0 Å². The second-order valence-electron chi connectivity index (χ2n) is 4.82. The summed E-state index contributed by atoms with van der Waals surface area (Å²) in [6.07, 6.45) is 0. The number of hydrogen-bond donors (Lipinski definition) is 1. The predicted molar refractivity (Wildman–Crippen MR) is 75.8 cm³/mol. The number of anilines is 1. The van der Waals surface area contributed by atoms with E-state index in [0.717, 1.165) is 4.90 Å². The van der Waals surface area contributed by atoms with Crippen LogP contribution in [0, 0.1) is 11.8 Å². The van der Waals surface area contributed by atoms with Crippen molar-refractivity contribution in [3.63, 3.8) is 0 Å². The predicted octanol–water partition coefficient (Wildman–Crippen LogP) is 2.85. The molecular formula is C13H12Cl2N2O3. The van der Waals surface area contributed by atoms with E-state index in [2.05, 4.69) is 5.32 Å². The lowest BCUT2D eigenvalue weighted by molar-refractivity contribution is -0.136. The first-order chi connectivity index (χ1) is 9.31. The summed E-state index contributed by atoms with van der Waals surface area (Å²) in [6.45, 7) is 3.47. The normalized spacial score (nSPS) is 19.6. The summed E-state index contributed by atoms with van der Waals surface area (Å²) < 4.78 is 0. The fourth-order valence-electron chi connectivity index (χ4n) is 2.09. The zero-order valence-electron chi connectivity index (χ0n) is 10.8. The van der Waals surface area contributed by atoms with Gasteiger partial charge in [0.05, 0.1) is 5.69 Å². The van der Waals surface area contributed by atoms with Crippen LogP contribution in [0.1, 0.15) is 13.8 Å². The smallest absolute Gasteiger partial charge is 0.277 e. The fourth-order valence-corrected chi connectivity index (χ4v) is 2.61. The van der Waals surface area contributed by atoms with Gasteiger partial charge in [0.1, 0.15) is 5.92 Å². The van der Waals surface area contributed by atoms with Crippen molar-refractivity contribution in [3.05, 3.63) is 28.2 Å². The maximum Gasteiger partial charge on any atom is 0.335 e. The van der Waals surface area contributed by atoms with Crippen molar-refractivity contribution in [2.45, 2.75) is 13.8 Å². The average Bonchev–Trinajstić information content (AvgIpc) is 2.25. The summed E-state index contributed by atoms with van der Waals surface area (Å²) in [5.41, 5.74) is 0.239. The van der Waals surface area contributed by atoms with Crippen LogP contribution in [0.2, 0.25) is 10.0 Å². The molecule has 1 atom stereocenters. The monoisotopic (exact) mass is 314 g/mol. The molecule has 1 aromatic carbocycles. The topological polar surface area (TPSA) is 66.5 Å². The number of barbiturate groups is 1. The first kappa shape index (κ1) is 14.8. The van der Waals surface area contributed by atoms with Crippen molar-refractivity contribution in [1.29, 1.82) is 0 Å². The molecule has 0 aromatic heterocycles. The number of halogens is 2. The number of rotatable bonds is 2. The number of nitrogens with zero attached hydrogens (tertiary/aromatic N) is 1. The van der Waals surface area contributed by atoms with Gasteiger partial charge in [0, 0.05) is 10.0 Å². The molecule has 1 N–H and O–H groups in total. The molecule has 7 heteroatoms. The Kier molecular flexibility index (Phi) is 4.01. The lowest BCUT2D eigenvalue weighted by Crippen LogP contribution is -2.59. The van der Waals surface area contributed by atoms with E-state index >= 15 is 0 Å². The minimum Gasteiger partial charge on any atom is -0.277 e. The number of imide groups is 2. The second-order valence-corrected chi connectivity index (χ2v) is 5.69. The molecule has 4 amide bonds. The third-order valence-electron chi connectivity index (χ3n) is 2.97. The summed E-state index contributed by atoms with van der Waals surface area (Å²) >= 11 is 11.7. The van der Waals surface area contributed by atoms with E-state index in [1.165, 1.54) is 18.2 Å². The molecule has 1 unspecified atom stereocenters. The maximum atomic E-state index is 12.4. The minimum absolute atomic E-state index is 0.229. The van der Waals surface area contributed by atoms with E-state index < -0.39 is 23.8 Å². The van der Waals surface area contributed by atoms with Gasteiger partial charge < -0.3 is 0 Å². The lowest BCUT2D eigenvalue weighted by Gasteiger charge is -2.31. The summed E-state index contributed by atoms with van der Waals surface area (Å²) in [5.74, 6) is -2.30. The number of carbonyl (C=O) groups is 3.